The summed E-state index contributed by atoms with van der Waals surface area (Å²) < 4.78 is 7.97. The molecular weight excluding hydrogens is 196 g/mol. The quantitative estimate of drug-likeness (QED) is 0.685. The third-order valence-electron chi connectivity index (χ3n) is 1.56. The first-order valence-corrected chi connectivity index (χ1v) is 3.93. The topological polar surface area (TPSA) is 27.1 Å². The van der Waals surface area contributed by atoms with Crippen molar-refractivity contribution in [3.8, 4) is 0 Å². The second-order valence-corrected chi connectivity index (χ2v) is 3.25. The number of nitrogens with zero attached hydrogens (tertiary/aromatic N) is 2. The first-order chi connectivity index (χ1) is 4.86. The largest absolute Gasteiger partial charge is 0.377 e. The molecule has 0 spiro atoms. The molecular formula is C6H7BrN2O. The normalized spacial score (nSPS) is 18.9. The first-order valence-electron chi connectivity index (χ1n) is 3.13. The van der Waals surface area contributed by atoms with Gasteiger partial charge in [-0.25, -0.2) is 0 Å². The fraction of sp³-hybridized carbons (Fsp3) is 0.500. The van der Waals surface area contributed by atoms with Crippen molar-refractivity contribution in [2.24, 2.45) is 0 Å². The van der Waals surface area contributed by atoms with Gasteiger partial charge in [-0.2, -0.15) is 5.10 Å². The Hall–Kier alpha value is -0.350. The molecule has 0 radical (unpaired) electrons. The van der Waals surface area contributed by atoms with Crippen molar-refractivity contribution >= 4 is 15.9 Å². The zero-order valence-corrected chi connectivity index (χ0v) is 6.91. The lowest BCUT2D eigenvalue weighted by atomic mass is 10.3. The summed E-state index contributed by atoms with van der Waals surface area (Å²) in [6, 6.07) is 0.464. The zero-order chi connectivity index (χ0) is 6.97. The highest BCUT2D eigenvalue weighted by atomic mass is 79.9. The van der Waals surface area contributed by atoms with Gasteiger partial charge in [0, 0.05) is 6.20 Å². The molecule has 4 heteroatoms. The summed E-state index contributed by atoms with van der Waals surface area (Å²) in [6.45, 7) is 1.60. The summed E-state index contributed by atoms with van der Waals surface area (Å²) in [5.74, 6) is 0. The number of halogens is 1. The van der Waals surface area contributed by atoms with Crippen molar-refractivity contribution in [3.05, 3.63) is 16.9 Å². The fourth-order valence-electron chi connectivity index (χ4n) is 0.891. The first kappa shape index (κ1) is 6.37. The lowest BCUT2D eigenvalue weighted by Gasteiger charge is -2.25. The minimum absolute atomic E-state index is 0.464. The van der Waals surface area contributed by atoms with Crippen LogP contribution in [0.1, 0.15) is 6.04 Å². The molecule has 3 nitrogen and oxygen atoms in total. The van der Waals surface area contributed by atoms with Crippen molar-refractivity contribution in [2.75, 3.05) is 13.2 Å². The monoisotopic (exact) mass is 202 g/mol. The summed E-state index contributed by atoms with van der Waals surface area (Å²) in [7, 11) is 0. The molecule has 2 heterocycles. The van der Waals surface area contributed by atoms with Gasteiger partial charge in [0.05, 0.1) is 29.9 Å². The Labute approximate surface area is 67.1 Å². The molecule has 54 valence electrons. The van der Waals surface area contributed by atoms with Gasteiger partial charge >= 0.3 is 0 Å². The highest BCUT2D eigenvalue weighted by molar-refractivity contribution is 9.10. The standard InChI is InChI=1S/C6H7BrN2O/c7-5-1-8-9(2-5)6-3-10-4-6/h1-2,6H,3-4H2. The van der Waals surface area contributed by atoms with E-state index in [2.05, 4.69) is 21.0 Å². The highest BCUT2D eigenvalue weighted by Gasteiger charge is 2.20. The van der Waals surface area contributed by atoms with E-state index in [9.17, 15) is 0 Å². The Bertz CT molecular complexity index is 231. The van der Waals surface area contributed by atoms with Crippen molar-refractivity contribution in [1.82, 2.24) is 9.78 Å². The van der Waals surface area contributed by atoms with Gasteiger partial charge in [-0.1, -0.05) is 0 Å². The molecule has 0 unspecified atom stereocenters. The fourth-order valence-corrected chi connectivity index (χ4v) is 1.19. The molecule has 0 aliphatic carbocycles. The second kappa shape index (κ2) is 2.36. The summed E-state index contributed by atoms with van der Waals surface area (Å²) >= 11 is 3.33. The van der Waals surface area contributed by atoms with E-state index in [1.807, 2.05) is 10.9 Å². The Kier molecular flexibility index (Phi) is 1.50. The number of hydrogen-bond acceptors (Lipinski definition) is 2. The third-order valence-corrected chi connectivity index (χ3v) is 1.97. The van der Waals surface area contributed by atoms with E-state index in [-0.39, 0.29) is 0 Å². The van der Waals surface area contributed by atoms with E-state index >= 15 is 0 Å². The molecule has 1 aliphatic rings. The summed E-state index contributed by atoms with van der Waals surface area (Å²) in [4.78, 5) is 0. The highest BCUT2D eigenvalue weighted by Crippen LogP contribution is 2.17. The van der Waals surface area contributed by atoms with E-state index in [4.69, 9.17) is 4.74 Å². The smallest absolute Gasteiger partial charge is 0.0985 e. The average Bonchev–Trinajstić information content (AvgIpc) is 2.10. The Balaban J connectivity index is 2.17. The van der Waals surface area contributed by atoms with Crippen molar-refractivity contribution in [3.63, 3.8) is 0 Å². The lowest BCUT2D eigenvalue weighted by molar-refractivity contribution is -0.0286. The van der Waals surface area contributed by atoms with Gasteiger partial charge in [-0.3, -0.25) is 4.68 Å². The number of ether oxygens (including phenoxy) is 1. The molecule has 0 saturated carbocycles. The summed E-state index contributed by atoms with van der Waals surface area (Å²) in [5, 5.41) is 4.13. The maximum absolute atomic E-state index is 5.02. The Morgan fingerprint density at radius 3 is 2.90 bits per heavy atom. The molecule has 10 heavy (non-hydrogen) atoms. The van der Waals surface area contributed by atoms with Crippen LogP contribution in [0.3, 0.4) is 0 Å². The van der Waals surface area contributed by atoms with E-state index < -0.39 is 0 Å². The predicted octanol–water partition coefficient (Wildman–Crippen LogP) is 1.22. The van der Waals surface area contributed by atoms with Crippen LogP contribution in [0.2, 0.25) is 0 Å². The summed E-state index contributed by atoms with van der Waals surface area (Å²) in [6.07, 6.45) is 3.76. The van der Waals surface area contributed by atoms with Gasteiger partial charge in [-0.05, 0) is 15.9 Å². The molecule has 2 rings (SSSR count). The van der Waals surface area contributed by atoms with Gasteiger partial charge in [0.2, 0.25) is 0 Å². The average molecular weight is 203 g/mol. The van der Waals surface area contributed by atoms with Crippen LogP contribution in [0, 0.1) is 0 Å². The van der Waals surface area contributed by atoms with Crippen molar-refractivity contribution < 1.29 is 4.74 Å². The van der Waals surface area contributed by atoms with Gasteiger partial charge in [0.15, 0.2) is 0 Å². The van der Waals surface area contributed by atoms with E-state index in [1.165, 1.54) is 0 Å². The molecule has 1 aromatic heterocycles. The Morgan fingerprint density at radius 2 is 2.50 bits per heavy atom. The molecule has 1 saturated heterocycles. The van der Waals surface area contributed by atoms with Gasteiger partial charge < -0.3 is 4.74 Å². The van der Waals surface area contributed by atoms with Gasteiger partial charge in [-0.15, -0.1) is 0 Å². The van der Waals surface area contributed by atoms with Crippen LogP contribution < -0.4 is 0 Å². The molecule has 0 amide bonds. The molecule has 0 bridgehead atoms. The third kappa shape index (κ3) is 0.973. The van der Waals surface area contributed by atoms with Gasteiger partial charge in [0.1, 0.15) is 0 Å². The SMILES string of the molecule is Brc1cnn(C2COC2)c1. The van der Waals surface area contributed by atoms with Crippen LogP contribution in [-0.4, -0.2) is 23.0 Å². The minimum Gasteiger partial charge on any atom is -0.377 e. The number of rotatable bonds is 1. The Morgan fingerprint density at radius 1 is 1.70 bits per heavy atom. The van der Waals surface area contributed by atoms with Crippen LogP contribution in [-0.2, 0) is 4.74 Å². The van der Waals surface area contributed by atoms with Crippen LogP contribution in [0.15, 0.2) is 16.9 Å². The molecule has 1 aliphatic heterocycles. The lowest BCUT2D eigenvalue weighted by Crippen LogP contribution is -2.30. The zero-order valence-electron chi connectivity index (χ0n) is 5.33. The molecule has 1 aromatic rings. The van der Waals surface area contributed by atoms with Crippen LogP contribution in [0.4, 0.5) is 0 Å². The molecule has 0 N–H and O–H groups in total. The maximum atomic E-state index is 5.02. The van der Waals surface area contributed by atoms with Crippen LogP contribution >= 0.6 is 15.9 Å². The van der Waals surface area contributed by atoms with E-state index in [1.54, 1.807) is 6.20 Å². The van der Waals surface area contributed by atoms with Crippen molar-refractivity contribution in [2.45, 2.75) is 6.04 Å². The van der Waals surface area contributed by atoms with Crippen molar-refractivity contribution in [1.29, 1.82) is 0 Å². The van der Waals surface area contributed by atoms with Gasteiger partial charge in [0.25, 0.3) is 0 Å². The number of hydrogen-bond donors (Lipinski definition) is 0. The summed E-state index contributed by atoms with van der Waals surface area (Å²) in [5.41, 5.74) is 0. The molecule has 0 atom stereocenters. The van der Waals surface area contributed by atoms with E-state index in [0.29, 0.717) is 6.04 Å². The van der Waals surface area contributed by atoms with Crippen LogP contribution in [0.5, 0.6) is 0 Å². The molecule has 1 fully saturated rings. The number of aromatic nitrogens is 2. The maximum Gasteiger partial charge on any atom is 0.0985 e. The molecule has 0 aromatic carbocycles. The van der Waals surface area contributed by atoms with E-state index in [0.717, 1.165) is 17.7 Å². The predicted molar refractivity (Wildman–Crippen MR) is 39.8 cm³/mol. The minimum atomic E-state index is 0.464. The van der Waals surface area contributed by atoms with Crippen LogP contribution in [0.25, 0.3) is 0 Å². The second-order valence-electron chi connectivity index (χ2n) is 2.33.